The molecule has 1 N–H and O–H groups in total. The summed E-state index contributed by atoms with van der Waals surface area (Å²) in [5.41, 5.74) is -0.552. The van der Waals surface area contributed by atoms with E-state index >= 15 is 0 Å². The van der Waals surface area contributed by atoms with Crippen molar-refractivity contribution in [3.05, 3.63) is 29.8 Å². The van der Waals surface area contributed by atoms with Crippen LogP contribution in [0.4, 0.5) is 23.7 Å². The summed E-state index contributed by atoms with van der Waals surface area (Å²) >= 11 is 0. The van der Waals surface area contributed by atoms with Crippen molar-refractivity contribution in [2.45, 2.75) is 6.18 Å². The maximum Gasteiger partial charge on any atom is 0.416 e. The lowest BCUT2D eigenvalue weighted by molar-refractivity contribution is -0.137. The summed E-state index contributed by atoms with van der Waals surface area (Å²) in [6.45, 7) is -0.105. The highest BCUT2D eigenvalue weighted by Crippen LogP contribution is 2.29. The van der Waals surface area contributed by atoms with Gasteiger partial charge in [0.1, 0.15) is 6.54 Å². The van der Waals surface area contributed by atoms with Crippen molar-refractivity contribution in [1.29, 1.82) is 5.26 Å². The van der Waals surface area contributed by atoms with Crippen LogP contribution in [-0.2, 0) is 6.18 Å². The van der Waals surface area contributed by atoms with Gasteiger partial charge in [-0.2, -0.15) is 18.4 Å². The van der Waals surface area contributed by atoms with E-state index in [1.165, 1.54) is 7.05 Å². The number of carbonyl (C=O) groups is 1. The molecule has 2 amide bonds. The van der Waals surface area contributed by atoms with Crippen molar-refractivity contribution in [2.75, 3.05) is 18.9 Å². The van der Waals surface area contributed by atoms with Gasteiger partial charge in [-0.05, 0) is 24.3 Å². The van der Waals surface area contributed by atoms with Gasteiger partial charge in [0.25, 0.3) is 0 Å². The molecular weight excluding hydrogens is 247 g/mol. The summed E-state index contributed by atoms with van der Waals surface area (Å²) in [6.07, 6.45) is -4.40. The predicted molar refractivity (Wildman–Crippen MR) is 58.7 cm³/mol. The van der Waals surface area contributed by atoms with E-state index in [1.54, 1.807) is 6.07 Å². The van der Waals surface area contributed by atoms with E-state index in [1.807, 2.05) is 0 Å². The summed E-state index contributed by atoms with van der Waals surface area (Å²) < 4.78 is 36.8. The lowest BCUT2D eigenvalue weighted by Gasteiger charge is -2.14. The van der Waals surface area contributed by atoms with Gasteiger partial charge in [0, 0.05) is 12.7 Å². The highest BCUT2D eigenvalue weighted by atomic mass is 19.4. The first kappa shape index (κ1) is 13.8. The molecule has 1 aromatic carbocycles. The molecule has 0 heterocycles. The molecule has 0 aliphatic heterocycles. The normalized spacial score (nSPS) is 10.6. The zero-order valence-electron chi connectivity index (χ0n) is 9.45. The van der Waals surface area contributed by atoms with Gasteiger partial charge < -0.3 is 10.2 Å². The number of benzene rings is 1. The van der Waals surface area contributed by atoms with Crippen LogP contribution >= 0.6 is 0 Å². The number of alkyl halides is 3. The maximum atomic E-state index is 12.3. The monoisotopic (exact) mass is 257 g/mol. The van der Waals surface area contributed by atoms with Crippen LogP contribution in [0.15, 0.2) is 24.3 Å². The van der Waals surface area contributed by atoms with Gasteiger partial charge in [0.2, 0.25) is 0 Å². The molecule has 0 unspecified atom stereocenters. The van der Waals surface area contributed by atoms with Gasteiger partial charge >= 0.3 is 12.2 Å². The quantitative estimate of drug-likeness (QED) is 0.828. The van der Waals surface area contributed by atoms with Crippen molar-refractivity contribution in [3.63, 3.8) is 0 Å². The maximum absolute atomic E-state index is 12.3. The molecule has 1 rings (SSSR count). The Morgan fingerprint density at radius 2 is 1.94 bits per heavy atom. The molecule has 0 spiro atoms. The Hall–Kier alpha value is -2.23. The molecule has 0 aromatic heterocycles. The standard InChI is InChI=1S/C11H10F3N3O/c1-17(7-6-15)10(18)16-9-4-2-8(3-5-9)11(12,13)14/h2-5H,7H2,1H3,(H,16,18). The number of rotatable bonds is 2. The van der Waals surface area contributed by atoms with E-state index in [4.69, 9.17) is 5.26 Å². The number of hydrogen-bond acceptors (Lipinski definition) is 2. The Balaban J connectivity index is 2.70. The first-order chi connectivity index (χ1) is 8.34. The molecule has 0 aliphatic carbocycles. The zero-order valence-corrected chi connectivity index (χ0v) is 9.45. The number of nitriles is 1. The van der Waals surface area contributed by atoms with E-state index < -0.39 is 17.8 Å². The average Bonchev–Trinajstić information content (AvgIpc) is 2.28. The fourth-order valence-corrected chi connectivity index (χ4v) is 1.14. The number of anilines is 1. The minimum absolute atomic E-state index is 0.105. The van der Waals surface area contributed by atoms with E-state index in [2.05, 4.69) is 5.32 Å². The van der Waals surface area contributed by atoms with Crippen molar-refractivity contribution in [2.24, 2.45) is 0 Å². The molecule has 0 bridgehead atoms. The molecule has 0 aliphatic rings. The Kier molecular flexibility index (Phi) is 4.15. The minimum Gasteiger partial charge on any atom is -0.314 e. The van der Waals surface area contributed by atoms with E-state index in [0.29, 0.717) is 0 Å². The first-order valence-electron chi connectivity index (χ1n) is 4.91. The van der Waals surface area contributed by atoms with Crippen molar-refractivity contribution in [3.8, 4) is 6.07 Å². The summed E-state index contributed by atoms with van der Waals surface area (Å²) in [6, 6.07) is 5.28. The van der Waals surface area contributed by atoms with Gasteiger partial charge in [-0.3, -0.25) is 0 Å². The van der Waals surface area contributed by atoms with Crippen LogP contribution in [-0.4, -0.2) is 24.5 Å². The lowest BCUT2D eigenvalue weighted by atomic mass is 10.2. The Morgan fingerprint density at radius 1 is 1.39 bits per heavy atom. The number of nitrogens with zero attached hydrogens (tertiary/aromatic N) is 2. The number of nitrogens with one attached hydrogen (secondary N) is 1. The third kappa shape index (κ3) is 3.66. The van der Waals surface area contributed by atoms with E-state index in [9.17, 15) is 18.0 Å². The molecule has 0 atom stereocenters. The van der Waals surface area contributed by atoms with Crippen LogP contribution in [0.25, 0.3) is 0 Å². The number of amides is 2. The number of halogens is 3. The molecule has 0 radical (unpaired) electrons. The van der Waals surface area contributed by atoms with Crippen molar-refractivity contribution in [1.82, 2.24) is 4.90 Å². The van der Waals surface area contributed by atoms with Gasteiger partial charge in [-0.1, -0.05) is 0 Å². The fourth-order valence-electron chi connectivity index (χ4n) is 1.14. The lowest BCUT2D eigenvalue weighted by Crippen LogP contribution is -2.31. The van der Waals surface area contributed by atoms with Gasteiger partial charge in [-0.15, -0.1) is 0 Å². The smallest absolute Gasteiger partial charge is 0.314 e. The van der Waals surface area contributed by atoms with Crippen LogP contribution < -0.4 is 5.32 Å². The molecular formula is C11H10F3N3O. The zero-order chi connectivity index (χ0) is 13.8. The number of hydrogen-bond donors (Lipinski definition) is 1. The summed E-state index contributed by atoms with van der Waals surface area (Å²) in [5.74, 6) is 0. The van der Waals surface area contributed by atoms with Crippen molar-refractivity contribution < 1.29 is 18.0 Å². The molecule has 0 saturated heterocycles. The second-order valence-corrected chi connectivity index (χ2v) is 3.52. The highest BCUT2D eigenvalue weighted by Gasteiger charge is 2.29. The topological polar surface area (TPSA) is 56.1 Å². The fraction of sp³-hybridized carbons (Fsp3) is 0.273. The van der Waals surface area contributed by atoms with Gasteiger partial charge in [-0.25, -0.2) is 4.79 Å². The molecule has 0 fully saturated rings. The largest absolute Gasteiger partial charge is 0.416 e. The van der Waals surface area contributed by atoms with Crippen LogP contribution in [0.2, 0.25) is 0 Å². The summed E-state index contributed by atoms with van der Waals surface area (Å²) in [7, 11) is 1.41. The molecule has 1 aromatic rings. The van der Waals surface area contributed by atoms with E-state index in [0.717, 1.165) is 29.2 Å². The molecule has 4 nitrogen and oxygen atoms in total. The Morgan fingerprint density at radius 3 is 2.39 bits per heavy atom. The SMILES string of the molecule is CN(CC#N)C(=O)Nc1ccc(C(F)(F)F)cc1. The number of carbonyl (C=O) groups excluding carboxylic acids is 1. The minimum atomic E-state index is -4.40. The van der Waals surface area contributed by atoms with Crippen molar-refractivity contribution >= 4 is 11.7 Å². The third-order valence-electron chi connectivity index (χ3n) is 2.12. The average molecular weight is 257 g/mol. The third-order valence-corrected chi connectivity index (χ3v) is 2.12. The molecule has 0 saturated carbocycles. The Labute approximate surface area is 102 Å². The second-order valence-electron chi connectivity index (χ2n) is 3.52. The van der Waals surface area contributed by atoms with Crippen LogP contribution in [0.3, 0.4) is 0 Å². The summed E-state index contributed by atoms with van der Waals surface area (Å²) in [4.78, 5) is 12.5. The number of urea groups is 1. The first-order valence-corrected chi connectivity index (χ1v) is 4.91. The summed E-state index contributed by atoms with van der Waals surface area (Å²) in [5, 5.41) is 10.8. The van der Waals surface area contributed by atoms with Crippen LogP contribution in [0, 0.1) is 11.3 Å². The Bertz CT molecular complexity index is 462. The highest BCUT2D eigenvalue weighted by molar-refractivity contribution is 5.89. The molecule has 18 heavy (non-hydrogen) atoms. The van der Waals surface area contributed by atoms with E-state index in [-0.39, 0.29) is 12.2 Å². The predicted octanol–water partition coefficient (Wildman–Crippen LogP) is 2.69. The van der Waals surface area contributed by atoms with Gasteiger partial charge in [0.05, 0.1) is 11.6 Å². The second kappa shape index (κ2) is 5.40. The van der Waals surface area contributed by atoms with Gasteiger partial charge in [0.15, 0.2) is 0 Å². The van der Waals surface area contributed by atoms with Crippen LogP contribution in [0.5, 0.6) is 0 Å². The molecule has 96 valence electrons. The van der Waals surface area contributed by atoms with Crippen LogP contribution in [0.1, 0.15) is 5.56 Å². The molecule has 7 heteroatoms.